The minimum Gasteiger partial charge on any atom is -0.478 e. The molecule has 0 radical (unpaired) electrons. The fourth-order valence-electron chi connectivity index (χ4n) is 1.87. The number of sulfonamides is 1. The molecule has 1 fully saturated rings. The summed E-state index contributed by atoms with van der Waals surface area (Å²) in [6.45, 7) is 0.195. The molecule has 2 N–H and O–H groups in total. The lowest BCUT2D eigenvalue weighted by molar-refractivity contribution is -0.139. The Bertz CT molecular complexity index is 639. The molecule has 0 aromatic heterocycles. The number of carbonyl (C=O) groups is 2. The van der Waals surface area contributed by atoms with Crippen molar-refractivity contribution in [2.75, 3.05) is 6.61 Å². The molecule has 0 saturated carbocycles. The van der Waals surface area contributed by atoms with Gasteiger partial charge in [0.2, 0.25) is 10.0 Å². The summed E-state index contributed by atoms with van der Waals surface area (Å²) in [4.78, 5) is 22.0. The Morgan fingerprint density at radius 2 is 2.20 bits per heavy atom. The molecular weight excluding hydrogens is 286 g/mol. The van der Waals surface area contributed by atoms with Crippen LogP contribution in [0.4, 0.5) is 0 Å². The van der Waals surface area contributed by atoms with Gasteiger partial charge in [-0.05, 0) is 17.7 Å². The van der Waals surface area contributed by atoms with Crippen molar-refractivity contribution in [1.29, 1.82) is 0 Å². The number of esters is 1. The van der Waals surface area contributed by atoms with E-state index in [0.717, 1.165) is 0 Å². The quantitative estimate of drug-likeness (QED) is 0.747. The third kappa shape index (κ3) is 3.55. The van der Waals surface area contributed by atoms with E-state index in [9.17, 15) is 18.0 Å². The minimum absolute atomic E-state index is 0.0120. The summed E-state index contributed by atoms with van der Waals surface area (Å²) < 4.78 is 30.8. The van der Waals surface area contributed by atoms with Gasteiger partial charge in [-0.1, -0.05) is 12.1 Å². The molecule has 8 heteroatoms. The van der Waals surface area contributed by atoms with E-state index in [4.69, 9.17) is 5.11 Å². The monoisotopic (exact) mass is 299 g/mol. The molecule has 7 nitrogen and oxygen atoms in total. The lowest BCUT2D eigenvalue weighted by Gasteiger charge is -2.10. The van der Waals surface area contributed by atoms with Crippen LogP contribution in [-0.2, 0) is 25.3 Å². The lowest BCUT2D eigenvalue weighted by atomic mass is 10.1. The normalized spacial score (nSPS) is 18.8. The molecule has 1 aliphatic rings. The van der Waals surface area contributed by atoms with Gasteiger partial charge in [-0.15, -0.1) is 0 Å². The number of aromatic carboxylic acids is 1. The molecule has 1 atom stereocenters. The Morgan fingerprint density at radius 1 is 1.45 bits per heavy atom. The van der Waals surface area contributed by atoms with Gasteiger partial charge in [0.1, 0.15) is 6.04 Å². The second kappa shape index (κ2) is 5.59. The standard InChI is InChI=1S/C12H13NO6S/c14-11(15)9-3-1-2-8(6-9)7-20(17,18)13-10-4-5-19-12(10)16/h1-3,6,10,13H,4-5,7H2,(H,14,15). The Kier molecular flexibility index (Phi) is 4.05. The minimum atomic E-state index is -3.74. The number of benzene rings is 1. The van der Waals surface area contributed by atoms with Crippen molar-refractivity contribution in [2.24, 2.45) is 0 Å². The molecule has 1 saturated heterocycles. The maximum Gasteiger partial charge on any atom is 0.335 e. The van der Waals surface area contributed by atoms with Gasteiger partial charge in [0.05, 0.1) is 17.9 Å². The molecule has 1 aromatic rings. The van der Waals surface area contributed by atoms with Gasteiger partial charge >= 0.3 is 11.9 Å². The number of carbonyl (C=O) groups excluding carboxylic acids is 1. The van der Waals surface area contributed by atoms with Crippen molar-refractivity contribution in [3.8, 4) is 0 Å². The van der Waals surface area contributed by atoms with Crippen molar-refractivity contribution in [3.05, 3.63) is 35.4 Å². The molecule has 108 valence electrons. The van der Waals surface area contributed by atoms with Gasteiger partial charge in [-0.25, -0.2) is 17.9 Å². The zero-order chi connectivity index (χ0) is 14.8. The SMILES string of the molecule is O=C(O)c1cccc(CS(=O)(=O)NC2CCOC2=O)c1. The maximum atomic E-state index is 11.9. The molecule has 20 heavy (non-hydrogen) atoms. The maximum absolute atomic E-state index is 11.9. The molecule has 0 spiro atoms. The first-order valence-electron chi connectivity index (χ1n) is 5.86. The van der Waals surface area contributed by atoms with E-state index in [1.54, 1.807) is 0 Å². The topological polar surface area (TPSA) is 110 Å². The fourth-order valence-corrected chi connectivity index (χ4v) is 3.22. The Balaban J connectivity index is 2.10. The third-order valence-corrected chi connectivity index (χ3v) is 4.14. The number of hydrogen-bond acceptors (Lipinski definition) is 5. The average Bonchev–Trinajstić information content (AvgIpc) is 2.74. The summed E-state index contributed by atoms with van der Waals surface area (Å²) in [6, 6.07) is 4.79. The summed E-state index contributed by atoms with van der Waals surface area (Å²) in [5.74, 6) is -2.11. The highest BCUT2D eigenvalue weighted by atomic mass is 32.2. The Hall–Kier alpha value is -1.93. The van der Waals surface area contributed by atoms with Crippen molar-refractivity contribution in [1.82, 2.24) is 4.72 Å². The molecular formula is C12H13NO6S. The first kappa shape index (κ1) is 14.5. The van der Waals surface area contributed by atoms with E-state index in [1.807, 2.05) is 0 Å². The molecule has 0 aliphatic carbocycles. The summed E-state index contributed by atoms with van der Waals surface area (Å²) in [5, 5.41) is 8.85. The van der Waals surface area contributed by atoms with Gasteiger partial charge in [-0.2, -0.15) is 0 Å². The molecule has 1 heterocycles. The summed E-state index contributed by atoms with van der Waals surface area (Å²) >= 11 is 0. The highest BCUT2D eigenvalue weighted by Crippen LogP contribution is 2.12. The zero-order valence-electron chi connectivity index (χ0n) is 10.4. The number of carboxylic acids is 1. The van der Waals surface area contributed by atoms with Crippen molar-refractivity contribution in [3.63, 3.8) is 0 Å². The first-order chi connectivity index (χ1) is 9.37. The average molecular weight is 299 g/mol. The predicted molar refractivity (Wildman–Crippen MR) is 68.5 cm³/mol. The summed E-state index contributed by atoms with van der Waals surface area (Å²) in [6.07, 6.45) is 0.299. The third-order valence-electron chi connectivity index (χ3n) is 2.79. The molecule has 1 aromatic carbocycles. The number of nitrogens with one attached hydrogen (secondary N) is 1. The second-order valence-corrected chi connectivity index (χ2v) is 6.15. The van der Waals surface area contributed by atoms with E-state index in [-0.39, 0.29) is 12.2 Å². The van der Waals surface area contributed by atoms with Crippen molar-refractivity contribution < 1.29 is 27.9 Å². The van der Waals surface area contributed by atoms with Gasteiger partial charge < -0.3 is 9.84 Å². The second-order valence-electron chi connectivity index (χ2n) is 4.39. The van der Waals surface area contributed by atoms with Crippen molar-refractivity contribution in [2.45, 2.75) is 18.2 Å². The van der Waals surface area contributed by atoms with Crippen LogP contribution in [0, 0.1) is 0 Å². The van der Waals surface area contributed by atoms with Crippen LogP contribution in [0.1, 0.15) is 22.3 Å². The van der Waals surface area contributed by atoms with Gasteiger partial charge in [0.15, 0.2) is 0 Å². The van der Waals surface area contributed by atoms with Crippen LogP contribution in [0.5, 0.6) is 0 Å². The summed E-state index contributed by atoms with van der Waals surface area (Å²) in [7, 11) is -3.74. The molecule has 2 rings (SSSR count). The number of carboxylic acid groups (broad SMARTS) is 1. The van der Waals surface area contributed by atoms with Gasteiger partial charge in [0.25, 0.3) is 0 Å². The molecule has 0 amide bonds. The smallest absolute Gasteiger partial charge is 0.335 e. The van der Waals surface area contributed by atoms with E-state index in [2.05, 4.69) is 9.46 Å². The Labute approximate surface area is 115 Å². The largest absolute Gasteiger partial charge is 0.478 e. The van der Waals surface area contributed by atoms with Crippen LogP contribution >= 0.6 is 0 Å². The lowest BCUT2D eigenvalue weighted by Crippen LogP contribution is -2.38. The van der Waals surface area contributed by atoms with Gasteiger partial charge in [0, 0.05) is 6.42 Å². The van der Waals surface area contributed by atoms with E-state index in [0.29, 0.717) is 12.0 Å². The first-order valence-corrected chi connectivity index (χ1v) is 7.51. The molecule has 1 aliphatic heterocycles. The van der Waals surface area contributed by atoms with E-state index in [1.165, 1.54) is 24.3 Å². The number of rotatable bonds is 5. The van der Waals surface area contributed by atoms with Crippen LogP contribution in [-0.4, -0.2) is 38.1 Å². The molecule has 1 unspecified atom stereocenters. The van der Waals surface area contributed by atoms with Crippen LogP contribution in [0.15, 0.2) is 24.3 Å². The van der Waals surface area contributed by atoms with Crippen LogP contribution in [0.3, 0.4) is 0 Å². The van der Waals surface area contributed by atoms with Crippen molar-refractivity contribution >= 4 is 22.0 Å². The van der Waals surface area contributed by atoms with E-state index < -0.39 is 33.8 Å². The zero-order valence-corrected chi connectivity index (χ0v) is 11.2. The van der Waals surface area contributed by atoms with Gasteiger partial charge in [-0.3, -0.25) is 4.79 Å². The number of cyclic esters (lactones) is 1. The van der Waals surface area contributed by atoms with E-state index >= 15 is 0 Å². The Morgan fingerprint density at radius 3 is 2.80 bits per heavy atom. The predicted octanol–water partition coefficient (Wildman–Crippen LogP) is 0.120. The summed E-state index contributed by atoms with van der Waals surface area (Å²) in [5.41, 5.74) is 0.349. The number of ether oxygens (including phenoxy) is 1. The number of hydrogen-bond donors (Lipinski definition) is 2. The van der Waals surface area contributed by atoms with Crippen LogP contribution in [0.2, 0.25) is 0 Å². The fraction of sp³-hybridized carbons (Fsp3) is 0.333. The molecule has 0 bridgehead atoms. The highest BCUT2D eigenvalue weighted by molar-refractivity contribution is 7.88. The van der Waals surface area contributed by atoms with Crippen LogP contribution < -0.4 is 4.72 Å². The van der Waals surface area contributed by atoms with Crippen LogP contribution in [0.25, 0.3) is 0 Å². The highest BCUT2D eigenvalue weighted by Gasteiger charge is 2.30.